The molecule has 0 aromatic carbocycles. The Morgan fingerprint density at radius 1 is 1.38 bits per heavy atom. The lowest BCUT2D eigenvalue weighted by Gasteiger charge is -2.09. The number of nitrogens with zero attached hydrogens (tertiary/aromatic N) is 3. The van der Waals surface area contributed by atoms with Crippen molar-refractivity contribution in [3.8, 4) is 5.95 Å². The second-order valence-electron chi connectivity index (χ2n) is 5.49. The summed E-state index contributed by atoms with van der Waals surface area (Å²) >= 11 is 1.53. The van der Waals surface area contributed by atoms with Gasteiger partial charge in [-0.2, -0.15) is 9.78 Å². The van der Waals surface area contributed by atoms with Crippen LogP contribution in [0.2, 0.25) is 0 Å². The summed E-state index contributed by atoms with van der Waals surface area (Å²) in [5, 5.41) is 9.07. The Hall–Kier alpha value is -2.74. The summed E-state index contributed by atoms with van der Waals surface area (Å²) in [7, 11) is 0. The predicted molar refractivity (Wildman–Crippen MR) is 92.8 cm³/mol. The van der Waals surface area contributed by atoms with Crippen molar-refractivity contribution in [1.82, 2.24) is 19.7 Å². The van der Waals surface area contributed by atoms with Crippen molar-refractivity contribution in [1.29, 1.82) is 0 Å². The molecule has 0 saturated heterocycles. The zero-order valence-corrected chi connectivity index (χ0v) is 14.4. The number of carbonyl (C=O) groups is 1. The van der Waals surface area contributed by atoms with Crippen molar-refractivity contribution in [3.63, 3.8) is 0 Å². The van der Waals surface area contributed by atoms with Gasteiger partial charge in [0.05, 0.1) is 12.1 Å². The summed E-state index contributed by atoms with van der Waals surface area (Å²) < 4.78 is 1.44. The number of H-pyrrole nitrogens is 1. The number of rotatable bonds is 4. The zero-order valence-electron chi connectivity index (χ0n) is 13.6. The van der Waals surface area contributed by atoms with Crippen molar-refractivity contribution in [2.75, 3.05) is 5.32 Å². The van der Waals surface area contributed by atoms with Crippen LogP contribution in [-0.2, 0) is 11.2 Å². The molecule has 3 aromatic rings. The molecule has 8 heteroatoms. The Morgan fingerprint density at radius 3 is 2.83 bits per heavy atom. The first-order valence-corrected chi connectivity index (χ1v) is 8.29. The molecule has 124 valence electrons. The highest BCUT2D eigenvalue weighted by Crippen LogP contribution is 2.16. The third-order valence-electron chi connectivity index (χ3n) is 3.60. The minimum absolute atomic E-state index is 0.148. The van der Waals surface area contributed by atoms with Crippen molar-refractivity contribution < 1.29 is 4.79 Å². The lowest BCUT2D eigenvalue weighted by Crippen LogP contribution is -2.21. The molecule has 3 heterocycles. The maximum atomic E-state index is 12.2. The summed E-state index contributed by atoms with van der Waals surface area (Å²) in [5.74, 6) is 0.605. The second-order valence-corrected chi connectivity index (χ2v) is 6.52. The topological polar surface area (TPSA) is 92.7 Å². The van der Waals surface area contributed by atoms with Crippen LogP contribution in [0.3, 0.4) is 0 Å². The standard InChI is InChI=1S/C16H17N5O2S/c1-9-7-13(18-14(22)8-12-5-4-6-24-12)21(20-9)16-17-11(3)10(2)15(23)19-16/h4-7H,8H2,1-3H3,(H,18,22)(H,17,19,23). The van der Waals surface area contributed by atoms with Crippen LogP contribution < -0.4 is 10.9 Å². The van der Waals surface area contributed by atoms with Gasteiger partial charge in [0.15, 0.2) is 0 Å². The SMILES string of the molecule is Cc1cc(NC(=O)Cc2cccs2)n(-c2nc(C)c(C)c(=O)[nH]2)n1. The molecular formula is C16H17N5O2S. The summed E-state index contributed by atoms with van der Waals surface area (Å²) in [5.41, 5.74) is 1.67. The van der Waals surface area contributed by atoms with Gasteiger partial charge in [0.25, 0.3) is 5.56 Å². The number of hydrogen-bond acceptors (Lipinski definition) is 5. The smallest absolute Gasteiger partial charge is 0.255 e. The summed E-state index contributed by atoms with van der Waals surface area (Å²) in [6.07, 6.45) is 0.290. The minimum Gasteiger partial charge on any atom is -0.310 e. The maximum absolute atomic E-state index is 12.2. The molecule has 0 bridgehead atoms. The van der Waals surface area contributed by atoms with Gasteiger partial charge in [0.1, 0.15) is 5.82 Å². The van der Waals surface area contributed by atoms with Crippen LogP contribution in [0.15, 0.2) is 28.4 Å². The van der Waals surface area contributed by atoms with Crippen molar-refractivity contribution >= 4 is 23.1 Å². The molecule has 24 heavy (non-hydrogen) atoms. The van der Waals surface area contributed by atoms with Gasteiger partial charge < -0.3 is 5.32 Å². The van der Waals surface area contributed by atoms with Crippen LogP contribution in [0.1, 0.15) is 21.8 Å². The highest BCUT2D eigenvalue weighted by atomic mass is 32.1. The lowest BCUT2D eigenvalue weighted by atomic mass is 10.3. The van der Waals surface area contributed by atoms with Crippen LogP contribution in [0.25, 0.3) is 5.95 Å². The highest BCUT2D eigenvalue weighted by Gasteiger charge is 2.14. The van der Waals surface area contributed by atoms with E-state index in [9.17, 15) is 9.59 Å². The van der Waals surface area contributed by atoms with E-state index in [4.69, 9.17) is 0 Å². The van der Waals surface area contributed by atoms with Crippen LogP contribution in [-0.4, -0.2) is 25.7 Å². The normalized spacial score (nSPS) is 10.8. The van der Waals surface area contributed by atoms with E-state index in [1.54, 1.807) is 19.9 Å². The fraction of sp³-hybridized carbons (Fsp3) is 0.250. The number of carbonyl (C=O) groups excluding carboxylic acids is 1. The van der Waals surface area contributed by atoms with Gasteiger partial charge >= 0.3 is 0 Å². The van der Waals surface area contributed by atoms with Gasteiger partial charge in [0.2, 0.25) is 11.9 Å². The largest absolute Gasteiger partial charge is 0.310 e. The quantitative estimate of drug-likeness (QED) is 0.759. The number of hydrogen-bond donors (Lipinski definition) is 2. The predicted octanol–water partition coefficient (Wildman–Crippen LogP) is 2.12. The Labute approximate surface area is 142 Å². The Kier molecular flexibility index (Phi) is 4.30. The molecule has 3 aromatic heterocycles. The van der Waals surface area contributed by atoms with Crippen LogP contribution >= 0.6 is 11.3 Å². The number of thiophene rings is 1. The molecule has 0 spiro atoms. The van der Waals surface area contributed by atoms with E-state index in [1.165, 1.54) is 16.0 Å². The first-order valence-electron chi connectivity index (χ1n) is 7.41. The van der Waals surface area contributed by atoms with E-state index in [1.807, 2.05) is 24.4 Å². The molecule has 3 rings (SSSR count). The average Bonchev–Trinajstić information content (AvgIpc) is 3.14. The van der Waals surface area contributed by atoms with Gasteiger partial charge in [-0.05, 0) is 32.2 Å². The van der Waals surface area contributed by atoms with Crippen LogP contribution in [0.5, 0.6) is 0 Å². The van der Waals surface area contributed by atoms with Crippen molar-refractivity contribution in [2.45, 2.75) is 27.2 Å². The second kappa shape index (κ2) is 6.40. The maximum Gasteiger partial charge on any atom is 0.255 e. The molecule has 0 unspecified atom stereocenters. The van der Waals surface area contributed by atoms with Gasteiger partial charge in [-0.3, -0.25) is 14.6 Å². The lowest BCUT2D eigenvalue weighted by molar-refractivity contribution is -0.115. The fourth-order valence-electron chi connectivity index (χ4n) is 2.24. The van der Waals surface area contributed by atoms with E-state index in [0.29, 0.717) is 29.2 Å². The van der Waals surface area contributed by atoms with Crippen molar-refractivity contribution in [3.05, 3.63) is 55.8 Å². The number of aromatic nitrogens is 4. The Morgan fingerprint density at radius 2 is 2.17 bits per heavy atom. The minimum atomic E-state index is -0.221. The number of anilines is 1. The molecule has 0 fully saturated rings. The van der Waals surface area contributed by atoms with Crippen LogP contribution in [0, 0.1) is 20.8 Å². The van der Waals surface area contributed by atoms with E-state index in [0.717, 1.165) is 4.88 Å². The highest BCUT2D eigenvalue weighted by molar-refractivity contribution is 7.10. The molecule has 0 atom stereocenters. The van der Waals surface area contributed by atoms with E-state index >= 15 is 0 Å². The first-order chi connectivity index (χ1) is 11.4. The van der Waals surface area contributed by atoms with Gasteiger partial charge in [-0.1, -0.05) is 6.07 Å². The molecule has 7 nitrogen and oxygen atoms in total. The summed E-state index contributed by atoms with van der Waals surface area (Å²) in [6, 6.07) is 5.56. The van der Waals surface area contributed by atoms with E-state index in [2.05, 4.69) is 20.4 Å². The first kappa shape index (κ1) is 16.1. The van der Waals surface area contributed by atoms with Crippen molar-refractivity contribution in [2.24, 2.45) is 0 Å². The molecule has 2 N–H and O–H groups in total. The molecule has 0 aliphatic carbocycles. The monoisotopic (exact) mass is 343 g/mol. The molecule has 1 amide bonds. The van der Waals surface area contributed by atoms with E-state index < -0.39 is 0 Å². The Bertz CT molecular complexity index is 940. The molecule has 0 aliphatic rings. The number of amides is 1. The van der Waals surface area contributed by atoms with Gasteiger partial charge in [-0.15, -0.1) is 11.3 Å². The number of nitrogens with one attached hydrogen (secondary N) is 2. The Balaban J connectivity index is 1.91. The molecule has 0 aliphatic heterocycles. The molecular weight excluding hydrogens is 326 g/mol. The zero-order chi connectivity index (χ0) is 17.3. The third kappa shape index (κ3) is 3.28. The van der Waals surface area contributed by atoms with E-state index in [-0.39, 0.29) is 17.4 Å². The average molecular weight is 343 g/mol. The molecule has 0 saturated carbocycles. The van der Waals surface area contributed by atoms with Crippen LogP contribution in [0.4, 0.5) is 5.82 Å². The number of aromatic amines is 1. The fourth-order valence-corrected chi connectivity index (χ4v) is 2.94. The number of aryl methyl sites for hydroxylation is 2. The third-order valence-corrected chi connectivity index (χ3v) is 4.47. The van der Waals surface area contributed by atoms with Gasteiger partial charge in [-0.25, -0.2) is 4.98 Å². The summed E-state index contributed by atoms with van der Waals surface area (Å²) in [4.78, 5) is 32.2. The summed E-state index contributed by atoms with van der Waals surface area (Å²) in [6.45, 7) is 5.28. The molecule has 0 radical (unpaired) electrons. The van der Waals surface area contributed by atoms with Gasteiger partial charge in [0, 0.05) is 22.2 Å².